The molecule has 0 radical (unpaired) electrons. The van der Waals surface area contributed by atoms with Gasteiger partial charge in [-0.1, -0.05) is 48.5 Å². The first-order valence-corrected chi connectivity index (χ1v) is 7.68. The number of rotatable bonds is 0. The summed E-state index contributed by atoms with van der Waals surface area (Å²) < 4.78 is 4.93. The highest BCUT2D eigenvalue weighted by Gasteiger charge is 2.77. The van der Waals surface area contributed by atoms with Gasteiger partial charge < -0.3 is 9.84 Å². The SMILES string of the molecule is CC12C(=O)OC(=O)C1(O)C1c3ccccc3C2c2ccccc21. The number of carbonyl (C=O) groups excluding carboxylic acids is 2. The van der Waals surface area contributed by atoms with Gasteiger partial charge in [0.2, 0.25) is 0 Å². The van der Waals surface area contributed by atoms with Crippen molar-refractivity contribution in [1.82, 2.24) is 0 Å². The van der Waals surface area contributed by atoms with Gasteiger partial charge in [-0.25, -0.2) is 4.79 Å². The summed E-state index contributed by atoms with van der Waals surface area (Å²) in [5, 5.41) is 11.4. The smallest absolute Gasteiger partial charge is 0.348 e. The first kappa shape index (κ1) is 13.0. The predicted molar refractivity (Wildman–Crippen MR) is 80.7 cm³/mol. The molecule has 2 aromatic carbocycles. The first-order chi connectivity index (χ1) is 11.0. The monoisotopic (exact) mass is 306 g/mol. The molecule has 3 aliphatic carbocycles. The number of hydrogen-bond donors (Lipinski definition) is 1. The van der Waals surface area contributed by atoms with Gasteiger partial charge in [0.25, 0.3) is 0 Å². The topological polar surface area (TPSA) is 63.6 Å². The fourth-order valence-corrected chi connectivity index (χ4v) is 4.87. The van der Waals surface area contributed by atoms with Gasteiger partial charge in [0.05, 0.1) is 5.92 Å². The number of esters is 2. The van der Waals surface area contributed by atoms with Crippen molar-refractivity contribution in [2.24, 2.45) is 5.41 Å². The zero-order chi connectivity index (χ0) is 16.0. The van der Waals surface area contributed by atoms with Crippen molar-refractivity contribution in [2.45, 2.75) is 24.4 Å². The molecular weight excluding hydrogens is 292 g/mol. The number of benzene rings is 2. The summed E-state index contributed by atoms with van der Waals surface area (Å²) >= 11 is 0. The van der Waals surface area contributed by atoms with Crippen LogP contribution in [0, 0.1) is 5.41 Å². The normalized spacial score (nSPS) is 36.3. The highest BCUT2D eigenvalue weighted by atomic mass is 16.6. The summed E-state index contributed by atoms with van der Waals surface area (Å²) in [6.45, 7) is 1.66. The van der Waals surface area contributed by atoms with E-state index in [9.17, 15) is 14.7 Å². The van der Waals surface area contributed by atoms with Gasteiger partial charge in [0.1, 0.15) is 5.41 Å². The fourth-order valence-electron chi connectivity index (χ4n) is 4.87. The molecule has 0 amide bonds. The van der Waals surface area contributed by atoms with Crippen LogP contribution in [0.3, 0.4) is 0 Å². The predicted octanol–water partition coefficient (Wildman–Crippen LogP) is 2.10. The molecule has 114 valence electrons. The molecule has 6 rings (SSSR count). The van der Waals surface area contributed by atoms with E-state index in [1.807, 2.05) is 48.5 Å². The maximum atomic E-state index is 12.6. The van der Waals surface area contributed by atoms with Crippen molar-refractivity contribution in [2.75, 3.05) is 0 Å². The summed E-state index contributed by atoms with van der Waals surface area (Å²) in [7, 11) is 0. The molecule has 1 aliphatic heterocycles. The van der Waals surface area contributed by atoms with Crippen LogP contribution < -0.4 is 0 Å². The van der Waals surface area contributed by atoms with Crippen LogP contribution in [0.4, 0.5) is 0 Å². The van der Waals surface area contributed by atoms with Gasteiger partial charge in [-0.05, 0) is 29.2 Å². The number of cyclic esters (lactones) is 2. The van der Waals surface area contributed by atoms with Crippen LogP contribution in [-0.4, -0.2) is 22.6 Å². The van der Waals surface area contributed by atoms with E-state index in [4.69, 9.17) is 4.74 Å². The standard InChI is InChI=1S/C19H14O4/c1-18-14-10-6-2-4-8-12(10)15(13-9-5-3-7-11(13)14)19(18,22)17(21)23-16(18)20/h2-9,14-15,22H,1H3. The average molecular weight is 306 g/mol. The van der Waals surface area contributed by atoms with E-state index in [1.165, 1.54) is 0 Å². The summed E-state index contributed by atoms with van der Waals surface area (Å²) in [5.74, 6) is -2.43. The van der Waals surface area contributed by atoms with Crippen molar-refractivity contribution < 1.29 is 19.4 Å². The Kier molecular flexibility index (Phi) is 2.10. The third kappa shape index (κ3) is 1.14. The van der Waals surface area contributed by atoms with Crippen LogP contribution in [0.1, 0.15) is 41.0 Å². The van der Waals surface area contributed by atoms with Crippen molar-refractivity contribution in [3.63, 3.8) is 0 Å². The fraction of sp³-hybridized carbons (Fsp3) is 0.263. The minimum Gasteiger partial charge on any atom is -0.390 e. The van der Waals surface area contributed by atoms with Crippen LogP contribution in [0.15, 0.2) is 48.5 Å². The van der Waals surface area contributed by atoms with Gasteiger partial charge in [-0.3, -0.25) is 4.79 Å². The summed E-state index contributed by atoms with van der Waals surface area (Å²) in [4.78, 5) is 25.0. The van der Waals surface area contributed by atoms with Crippen molar-refractivity contribution in [3.8, 4) is 0 Å². The largest absolute Gasteiger partial charge is 0.390 e. The van der Waals surface area contributed by atoms with Crippen LogP contribution >= 0.6 is 0 Å². The Morgan fingerprint density at radius 1 is 0.826 bits per heavy atom. The number of ether oxygens (including phenoxy) is 1. The Morgan fingerprint density at radius 2 is 1.26 bits per heavy atom. The summed E-state index contributed by atoms with van der Waals surface area (Å²) in [5.41, 5.74) is 0.658. The number of aliphatic hydroxyl groups is 1. The molecule has 1 N–H and O–H groups in total. The van der Waals surface area contributed by atoms with E-state index < -0.39 is 28.9 Å². The number of carbonyl (C=O) groups is 2. The van der Waals surface area contributed by atoms with Gasteiger partial charge in [-0.15, -0.1) is 0 Å². The molecule has 4 nitrogen and oxygen atoms in total. The van der Waals surface area contributed by atoms with E-state index in [2.05, 4.69) is 0 Å². The third-order valence-electron chi connectivity index (χ3n) is 5.94. The Bertz CT molecular complexity index is 782. The van der Waals surface area contributed by atoms with E-state index in [1.54, 1.807) is 6.92 Å². The lowest BCUT2D eigenvalue weighted by atomic mass is 9.46. The second-order valence-electron chi connectivity index (χ2n) is 6.77. The average Bonchev–Trinajstić information content (AvgIpc) is 2.75. The van der Waals surface area contributed by atoms with Crippen LogP contribution in [-0.2, 0) is 14.3 Å². The van der Waals surface area contributed by atoms with Gasteiger partial charge in [0.15, 0.2) is 5.60 Å². The number of hydrogen-bond acceptors (Lipinski definition) is 4. The van der Waals surface area contributed by atoms with Crippen molar-refractivity contribution in [3.05, 3.63) is 70.8 Å². The van der Waals surface area contributed by atoms with E-state index >= 15 is 0 Å². The second-order valence-corrected chi connectivity index (χ2v) is 6.77. The molecular formula is C19H14O4. The molecule has 1 saturated heterocycles. The minimum atomic E-state index is -1.85. The van der Waals surface area contributed by atoms with Crippen LogP contribution in [0.5, 0.6) is 0 Å². The first-order valence-electron chi connectivity index (χ1n) is 7.68. The van der Waals surface area contributed by atoms with E-state index in [0.29, 0.717) is 0 Å². The Balaban J connectivity index is 1.97. The lowest BCUT2D eigenvalue weighted by molar-refractivity contribution is -0.161. The molecule has 23 heavy (non-hydrogen) atoms. The second kappa shape index (κ2) is 3.71. The highest BCUT2D eigenvalue weighted by Crippen LogP contribution is 2.68. The van der Waals surface area contributed by atoms with E-state index in [-0.39, 0.29) is 5.92 Å². The summed E-state index contributed by atoms with van der Waals surface area (Å²) in [6, 6.07) is 15.4. The molecule has 1 heterocycles. The van der Waals surface area contributed by atoms with E-state index in [0.717, 1.165) is 22.3 Å². The maximum absolute atomic E-state index is 12.6. The highest BCUT2D eigenvalue weighted by molar-refractivity contribution is 6.07. The summed E-state index contributed by atoms with van der Waals surface area (Å²) in [6.07, 6.45) is 0. The Morgan fingerprint density at radius 3 is 1.74 bits per heavy atom. The van der Waals surface area contributed by atoms with Crippen LogP contribution in [0.2, 0.25) is 0 Å². The van der Waals surface area contributed by atoms with Crippen molar-refractivity contribution >= 4 is 11.9 Å². The zero-order valence-electron chi connectivity index (χ0n) is 12.4. The minimum absolute atomic E-state index is 0.385. The molecule has 2 bridgehead atoms. The molecule has 0 aromatic heterocycles. The molecule has 2 unspecified atom stereocenters. The molecule has 2 aromatic rings. The molecule has 0 saturated carbocycles. The quantitative estimate of drug-likeness (QED) is 0.598. The zero-order valence-corrected chi connectivity index (χ0v) is 12.4. The molecule has 4 heteroatoms. The lowest BCUT2D eigenvalue weighted by Gasteiger charge is -2.54. The van der Waals surface area contributed by atoms with Crippen molar-refractivity contribution in [1.29, 1.82) is 0 Å². The Hall–Kier alpha value is -2.46. The lowest BCUT2D eigenvalue weighted by Crippen LogP contribution is -2.62. The van der Waals surface area contributed by atoms with Crippen LogP contribution in [0.25, 0.3) is 0 Å². The molecule has 0 spiro atoms. The maximum Gasteiger partial charge on any atom is 0.348 e. The molecule has 1 fully saturated rings. The molecule has 2 atom stereocenters. The van der Waals surface area contributed by atoms with Gasteiger partial charge in [0, 0.05) is 5.92 Å². The third-order valence-corrected chi connectivity index (χ3v) is 5.94. The Labute approximate surface area is 132 Å². The van der Waals surface area contributed by atoms with Gasteiger partial charge >= 0.3 is 11.9 Å². The molecule has 4 aliphatic rings. The van der Waals surface area contributed by atoms with Gasteiger partial charge in [-0.2, -0.15) is 0 Å².